The SMILES string of the molecule is C[C@@H](N)c1ccc2[nH]c([C@@H](N[S@+]([O-])C(C)(C)C)C3CCC(F)(F)CC3)nc2c1. The summed E-state index contributed by atoms with van der Waals surface area (Å²) in [7, 11) is 0. The van der Waals surface area contributed by atoms with Gasteiger partial charge < -0.3 is 15.3 Å². The first kappa shape index (κ1) is 21.5. The van der Waals surface area contributed by atoms with Gasteiger partial charge in [-0.1, -0.05) is 6.07 Å². The predicted molar refractivity (Wildman–Crippen MR) is 109 cm³/mol. The number of rotatable bonds is 5. The summed E-state index contributed by atoms with van der Waals surface area (Å²) >= 11 is -1.34. The van der Waals surface area contributed by atoms with E-state index < -0.39 is 22.0 Å². The van der Waals surface area contributed by atoms with Gasteiger partial charge in [0.2, 0.25) is 5.92 Å². The van der Waals surface area contributed by atoms with Crippen molar-refractivity contribution in [2.45, 2.75) is 76.1 Å². The van der Waals surface area contributed by atoms with Crippen molar-refractivity contribution in [3.8, 4) is 0 Å². The molecule has 0 spiro atoms. The Morgan fingerprint density at radius 3 is 2.54 bits per heavy atom. The summed E-state index contributed by atoms with van der Waals surface area (Å²) < 4.78 is 42.8. The van der Waals surface area contributed by atoms with Crippen molar-refractivity contribution in [3.05, 3.63) is 29.6 Å². The van der Waals surface area contributed by atoms with Gasteiger partial charge in [-0.05, 0) is 64.2 Å². The van der Waals surface area contributed by atoms with E-state index in [-0.39, 0.29) is 30.8 Å². The van der Waals surface area contributed by atoms with Crippen LogP contribution in [0.4, 0.5) is 8.78 Å². The third kappa shape index (κ3) is 4.84. The second-order valence-electron chi connectivity index (χ2n) is 8.86. The Hall–Kier alpha value is -1.22. The number of nitrogens with zero attached hydrogens (tertiary/aromatic N) is 1. The maximum absolute atomic E-state index is 13.7. The molecule has 2 aromatic rings. The fraction of sp³-hybridized carbons (Fsp3) is 0.650. The van der Waals surface area contributed by atoms with E-state index in [2.05, 4.69) is 9.71 Å². The molecule has 0 radical (unpaired) electrons. The molecule has 0 bridgehead atoms. The molecular formula is C20H30F2N4OS. The topological polar surface area (TPSA) is 89.8 Å². The molecule has 3 rings (SSSR count). The zero-order valence-corrected chi connectivity index (χ0v) is 17.7. The first-order chi connectivity index (χ1) is 13.0. The Kier molecular flexibility index (Phi) is 6.06. The summed E-state index contributed by atoms with van der Waals surface area (Å²) in [5.74, 6) is -2.02. The number of alkyl halides is 2. The highest BCUT2D eigenvalue weighted by Crippen LogP contribution is 2.41. The third-order valence-corrected chi connectivity index (χ3v) is 6.95. The lowest BCUT2D eigenvalue weighted by Crippen LogP contribution is -2.44. The number of aromatic nitrogens is 2. The number of aromatic amines is 1. The van der Waals surface area contributed by atoms with Gasteiger partial charge >= 0.3 is 0 Å². The van der Waals surface area contributed by atoms with Crippen LogP contribution in [0.1, 0.15) is 76.8 Å². The van der Waals surface area contributed by atoms with E-state index in [9.17, 15) is 13.3 Å². The molecule has 3 atom stereocenters. The molecule has 0 aliphatic heterocycles. The molecule has 28 heavy (non-hydrogen) atoms. The van der Waals surface area contributed by atoms with Gasteiger partial charge in [-0.15, -0.1) is 4.72 Å². The van der Waals surface area contributed by atoms with Crippen LogP contribution < -0.4 is 10.5 Å². The molecule has 1 aliphatic carbocycles. The quantitative estimate of drug-likeness (QED) is 0.631. The molecule has 0 unspecified atom stereocenters. The monoisotopic (exact) mass is 412 g/mol. The summed E-state index contributed by atoms with van der Waals surface area (Å²) in [6, 6.07) is 5.34. The zero-order valence-electron chi connectivity index (χ0n) is 16.9. The molecule has 5 nitrogen and oxygen atoms in total. The number of fused-ring (bicyclic) bond motifs is 1. The van der Waals surface area contributed by atoms with Gasteiger partial charge in [0.05, 0.1) is 11.0 Å². The molecule has 0 saturated heterocycles. The number of hydrogen-bond donors (Lipinski definition) is 3. The number of H-pyrrole nitrogens is 1. The van der Waals surface area contributed by atoms with Crippen LogP contribution in [0.25, 0.3) is 11.0 Å². The lowest BCUT2D eigenvalue weighted by atomic mass is 9.82. The number of nitrogens with one attached hydrogen (secondary N) is 2. The van der Waals surface area contributed by atoms with Crippen LogP contribution in [0.3, 0.4) is 0 Å². The van der Waals surface area contributed by atoms with Crippen molar-refractivity contribution in [2.75, 3.05) is 0 Å². The molecule has 1 aromatic heterocycles. The Labute approximate surface area is 168 Å². The molecule has 1 aliphatic rings. The third-order valence-electron chi connectivity index (χ3n) is 5.37. The Morgan fingerprint density at radius 1 is 1.32 bits per heavy atom. The number of halogens is 2. The smallest absolute Gasteiger partial charge is 0.248 e. The average molecular weight is 413 g/mol. The zero-order chi connectivity index (χ0) is 20.7. The largest absolute Gasteiger partial charge is 0.598 e. The fourth-order valence-corrected chi connectivity index (χ4v) is 4.42. The minimum absolute atomic E-state index is 0.0561. The molecule has 1 fully saturated rings. The first-order valence-electron chi connectivity index (χ1n) is 9.77. The lowest BCUT2D eigenvalue weighted by molar-refractivity contribution is -0.0492. The van der Waals surface area contributed by atoms with Gasteiger partial charge in [0.25, 0.3) is 0 Å². The van der Waals surface area contributed by atoms with Crippen LogP contribution in [0, 0.1) is 5.92 Å². The molecule has 1 heterocycles. The van der Waals surface area contributed by atoms with E-state index in [0.29, 0.717) is 18.7 Å². The molecule has 0 amide bonds. The summed E-state index contributed by atoms with van der Waals surface area (Å²) in [6.07, 6.45) is 0.447. The predicted octanol–water partition coefficient (Wildman–Crippen LogP) is 4.50. The normalized spacial score (nSPS) is 21.6. The van der Waals surface area contributed by atoms with Gasteiger partial charge in [0.1, 0.15) is 16.6 Å². The average Bonchev–Trinajstić information content (AvgIpc) is 3.01. The molecule has 1 aromatic carbocycles. The highest BCUT2D eigenvalue weighted by molar-refractivity contribution is 7.90. The second-order valence-corrected chi connectivity index (χ2v) is 10.9. The van der Waals surface area contributed by atoms with Gasteiger partial charge in [-0.3, -0.25) is 0 Å². The van der Waals surface area contributed by atoms with Crippen LogP contribution in [0.15, 0.2) is 18.2 Å². The Bertz CT molecular complexity index is 808. The van der Waals surface area contributed by atoms with Gasteiger partial charge in [0.15, 0.2) is 0 Å². The van der Waals surface area contributed by atoms with E-state index in [1.165, 1.54) is 0 Å². The van der Waals surface area contributed by atoms with E-state index >= 15 is 0 Å². The van der Waals surface area contributed by atoms with Gasteiger partial charge in [0, 0.05) is 30.2 Å². The number of hydrogen-bond acceptors (Lipinski definition) is 4. The van der Waals surface area contributed by atoms with E-state index in [1.807, 2.05) is 45.9 Å². The van der Waals surface area contributed by atoms with E-state index in [1.54, 1.807) is 0 Å². The van der Waals surface area contributed by atoms with Crippen LogP contribution in [-0.2, 0) is 11.4 Å². The van der Waals surface area contributed by atoms with Crippen molar-refractivity contribution in [1.82, 2.24) is 14.7 Å². The van der Waals surface area contributed by atoms with Gasteiger partial charge in [-0.25, -0.2) is 13.8 Å². The Morgan fingerprint density at radius 2 is 1.96 bits per heavy atom. The highest BCUT2D eigenvalue weighted by Gasteiger charge is 2.41. The summed E-state index contributed by atoms with van der Waals surface area (Å²) in [5.41, 5.74) is 8.58. The molecule has 8 heteroatoms. The molecule has 1 saturated carbocycles. The number of imidazole rings is 1. The van der Waals surface area contributed by atoms with Crippen LogP contribution in [0.5, 0.6) is 0 Å². The minimum atomic E-state index is -2.61. The number of nitrogens with two attached hydrogens (primary N) is 1. The second kappa shape index (κ2) is 7.89. The van der Waals surface area contributed by atoms with Crippen LogP contribution in [-0.4, -0.2) is 25.2 Å². The summed E-state index contributed by atoms with van der Waals surface area (Å²) in [5, 5.41) is 0. The molecule has 4 N–H and O–H groups in total. The summed E-state index contributed by atoms with van der Waals surface area (Å²) in [4.78, 5) is 8.01. The Balaban J connectivity index is 1.92. The maximum atomic E-state index is 13.7. The van der Waals surface area contributed by atoms with E-state index in [4.69, 9.17) is 10.7 Å². The van der Waals surface area contributed by atoms with Crippen LogP contribution >= 0.6 is 0 Å². The van der Waals surface area contributed by atoms with Crippen molar-refractivity contribution < 1.29 is 13.3 Å². The number of benzene rings is 1. The highest BCUT2D eigenvalue weighted by atomic mass is 32.2. The first-order valence-corrected chi connectivity index (χ1v) is 10.9. The molecule has 156 valence electrons. The van der Waals surface area contributed by atoms with Crippen molar-refractivity contribution in [1.29, 1.82) is 0 Å². The van der Waals surface area contributed by atoms with Crippen molar-refractivity contribution >= 4 is 22.4 Å². The fourth-order valence-electron chi connectivity index (χ4n) is 3.54. The van der Waals surface area contributed by atoms with Gasteiger partial charge in [-0.2, -0.15) is 0 Å². The van der Waals surface area contributed by atoms with Crippen molar-refractivity contribution in [2.24, 2.45) is 11.7 Å². The summed E-state index contributed by atoms with van der Waals surface area (Å²) in [6.45, 7) is 7.56. The standard InChI is InChI=1S/C20H30F2N4OS/c1-12(23)14-5-6-15-16(11-14)25-18(24-15)17(26-28(27)19(2,3)4)13-7-9-20(21,22)10-8-13/h5-6,11-13,17,26H,7-10,23H2,1-4H3,(H,24,25)/t12-,17+,28-/m1/s1. The minimum Gasteiger partial charge on any atom is -0.598 e. The molecular weight excluding hydrogens is 382 g/mol. The maximum Gasteiger partial charge on any atom is 0.248 e. The van der Waals surface area contributed by atoms with Crippen LogP contribution in [0.2, 0.25) is 0 Å². The lowest BCUT2D eigenvalue weighted by Gasteiger charge is -2.35. The van der Waals surface area contributed by atoms with Crippen molar-refractivity contribution in [3.63, 3.8) is 0 Å². The van der Waals surface area contributed by atoms with E-state index in [0.717, 1.165) is 16.6 Å².